The monoisotopic (exact) mass is 460 g/mol. The van der Waals surface area contributed by atoms with Gasteiger partial charge < -0.3 is 14.4 Å². The van der Waals surface area contributed by atoms with Crippen LogP contribution >= 0.6 is 0 Å². The number of hydrogen-bond donors (Lipinski definition) is 0. The van der Waals surface area contributed by atoms with E-state index in [1.165, 1.54) is 0 Å². The van der Waals surface area contributed by atoms with E-state index in [4.69, 9.17) is 9.47 Å². The van der Waals surface area contributed by atoms with Crippen LogP contribution in [-0.2, 0) is 24.3 Å². The van der Waals surface area contributed by atoms with Crippen molar-refractivity contribution in [3.8, 4) is 11.5 Å². The Morgan fingerprint density at radius 2 is 1.66 bits per heavy atom. The SMILES string of the molecule is CCOC(=O)C1CCN(C(=O)CN(c2ccccc2Oc2ccccc2)S(C)(=O)=O)CC1. The van der Waals surface area contributed by atoms with Crippen LogP contribution in [0.25, 0.3) is 0 Å². The smallest absolute Gasteiger partial charge is 0.309 e. The summed E-state index contributed by atoms with van der Waals surface area (Å²) in [5.41, 5.74) is 0.286. The highest BCUT2D eigenvalue weighted by atomic mass is 32.2. The van der Waals surface area contributed by atoms with Crippen LogP contribution in [0.4, 0.5) is 5.69 Å². The molecule has 9 heteroatoms. The first-order valence-electron chi connectivity index (χ1n) is 10.5. The quantitative estimate of drug-likeness (QED) is 0.562. The molecule has 1 amide bonds. The zero-order valence-corrected chi connectivity index (χ0v) is 19.1. The molecule has 172 valence electrons. The van der Waals surface area contributed by atoms with E-state index in [1.54, 1.807) is 48.2 Å². The lowest BCUT2D eigenvalue weighted by atomic mass is 9.97. The number of anilines is 1. The summed E-state index contributed by atoms with van der Waals surface area (Å²) in [5, 5.41) is 0. The first kappa shape index (κ1) is 23.6. The van der Waals surface area contributed by atoms with Crippen LogP contribution < -0.4 is 9.04 Å². The average Bonchev–Trinajstić information content (AvgIpc) is 2.78. The summed E-state index contributed by atoms with van der Waals surface area (Å²) < 4.78 is 37.2. The Hall–Kier alpha value is -3.07. The first-order chi connectivity index (χ1) is 15.3. The second-order valence-electron chi connectivity index (χ2n) is 7.56. The van der Waals surface area contributed by atoms with E-state index in [0.29, 0.717) is 44.0 Å². The molecule has 2 aromatic rings. The third kappa shape index (κ3) is 6.00. The van der Waals surface area contributed by atoms with Gasteiger partial charge in [-0.2, -0.15) is 0 Å². The summed E-state index contributed by atoms with van der Waals surface area (Å²) in [6, 6.07) is 15.7. The lowest BCUT2D eigenvalue weighted by molar-refractivity contribution is -0.151. The van der Waals surface area contributed by atoms with Crippen molar-refractivity contribution in [1.82, 2.24) is 4.90 Å². The Labute approximate surface area is 188 Å². The molecule has 1 heterocycles. The number of hydrogen-bond acceptors (Lipinski definition) is 6. The van der Waals surface area contributed by atoms with Crippen molar-refractivity contribution in [2.45, 2.75) is 19.8 Å². The van der Waals surface area contributed by atoms with E-state index in [0.717, 1.165) is 10.6 Å². The molecule has 1 aliphatic heterocycles. The predicted octanol–water partition coefficient (Wildman–Crippen LogP) is 3.05. The number of likely N-dealkylation sites (tertiary alicyclic amines) is 1. The zero-order chi connectivity index (χ0) is 23.1. The molecule has 8 nitrogen and oxygen atoms in total. The van der Waals surface area contributed by atoms with Crippen LogP contribution in [0.3, 0.4) is 0 Å². The van der Waals surface area contributed by atoms with Crippen molar-refractivity contribution in [3.05, 3.63) is 54.6 Å². The van der Waals surface area contributed by atoms with E-state index in [1.807, 2.05) is 18.2 Å². The molecule has 0 aliphatic carbocycles. The van der Waals surface area contributed by atoms with Crippen LogP contribution in [0.5, 0.6) is 11.5 Å². The maximum Gasteiger partial charge on any atom is 0.309 e. The summed E-state index contributed by atoms with van der Waals surface area (Å²) >= 11 is 0. The van der Waals surface area contributed by atoms with Crippen molar-refractivity contribution in [3.63, 3.8) is 0 Å². The third-order valence-electron chi connectivity index (χ3n) is 5.25. The van der Waals surface area contributed by atoms with Gasteiger partial charge in [0.1, 0.15) is 12.3 Å². The lowest BCUT2D eigenvalue weighted by Gasteiger charge is -2.33. The van der Waals surface area contributed by atoms with Crippen molar-refractivity contribution in [1.29, 1.82) is 0 Å². The molecular weight excluding hydrogens is 432 g/mol. The first-order valence-corrected chi connectivity index (χ1v) is 12.4. The molecule has 0 bridgehead atoms. The van der Waals surface area contributed by atoms with Crippen molar-refractivity contribution in [2.75, 3.05) is 36.8 Å². The minimum absolute atomic E-state index is 0.231. The molecule has 2 aromatic carbocycles. The highest BCUT2D eigenvalue weighted by Crippen LogP contribution is 2.33. The average molecular weight is 461 g/mol. The van der Waals surface area contributed by atoms with Gasteiger partial charge in [0.15, 0.2) is 5.75 Å². The third-order valence-corrected chi connectivity index (χ3v) is 6.38. The molecule has 0 radical (unpaired) electrons. The number of nitrogens with zero attached hydrogens (tertiary/aromatic N) is 2. The Morgan fingerprint density at radius 1 is 1.03 bits per heavy atom. The van der Waals surface area contributed by atoms with E-state index >= 15 is 0 Å². The van der Waals surface area contributed by atoms with Gasteiger partial charge in [0.2, 0.25) is 15.9 Å². The molecule has 0 atom stereocenters. The normalized spacial score (nSPS) is 14.6. The number of para-hydroxylation sites is 3. The van der Waals surface area contributed by atoms with Crippen LogP contribution in [0.1, 0.15) is 19.8 Å². The summed E-state index contributed by atoms with van der Waals surface area (Å²) in [5.74, 6) is 0.0836. The fourth-order valence-electron chi connectivity index (χ4n) is 3.59. The minimum Gasteiger partial charge on any atom is -0.466 e. The number of carbonyl (C=O) groups excluding carboxylic acids is 2. The molecule has 0 spiro atoms. The fourth-order valence-corrected chi connectivity index (χ4v) is 4.45. The Morgan fingerprint density at radius 3 is 2.28 bits per heavy atom. The highest BCUT2D eigenvalue weighted by molar-refractivity contribution is 7.92. The van der Waals surface area contributed by atoms with E-state index in [9.17, 15) is 18.0 Å². The second-order valence-corrected chi connectivity index (χ2v) is 9.47. The minimum atomic E-state index is -3.77. The van der Waals surface area contributed by atoms with Gasteiger partial charge in [-0.1, -0.05) is 30.3 Å². The van der Waals surface area contributed by atoms with Gasteiger partial charge in [-0.05, 0) is 44.0 Å². The Bertz CT molecular complexity index is 1030. The Kier molecular flexibility index (Phi) is 7.74. The van der Waals surface area contributed by atoms with Crippen molar-refractivity contribution >= 4 is 27.6 Å². The molecule has 0 aromatic heterocycles. The van der Waals surface area contributed by atoms with Gasteiger partial charge in [0.05, 0.1) is 24.5 Å². The fraction of sp³-hybridized carbons (Fsp3) is 0.391. The zero-order valence-electron chi connectivity index (χ0n) is 18.3. The van der Waals surface area contributed by atoms with Gasteiger partial charge in [-0.3, -0.25) is 13.9 Å². The van der Waals surface area contributed by atoms with Gasteiger partial charge in [0.25, 0.3) is 0 Å². The maximum absolute atomic E-state index is 13.0. The maximum atomic E-state index is 13.0. The summed E-state index contributed by atoms with van der Waals surface area (Å²) in [6.45, 7) is 2.49. The summed E-state index contributed by atoms with van der Waals surface area (Å²) in [6.07, 6.45) is 2.06. The molecule has 3 rings (SSSR count). The van der Waals surface area contributed by atoms with Crippen LogP contribution in [0, 0.1) is 5.92 Å². The van der Waals surface area contributed by atoms with Gasteiger partial charge in [-0.25, -0.2) is 8.42 Å². The van der Waals surface area contributed by atoms with Crippen molar-refractivity contribution < 1.29 is 27.5 Å². The molecule has 1 saturated heterocycles. The second kappa shape index (κ2) is 10.5. The Balaban J connectivity index is 1.75. The number of rotatable bonds is 8. The molecular formula is C23H28N2O6S. The van der Waals surface area contributed by atoms with E-state index in [2.05, 4.69) is 0 Å². The number of benzene rings is 2. The van der Waals surface area contributed by atoms with Gasteiger partial charge in [-0.15, -0.1) is 0 Å². The highest BCUT2D eigenvalue weighted by Gasteiger charge is 2.31. The van der Waals surface area contributed by atoms with Crippen LogP contribution in [-0.4, -0.2) is 57.7 Å². The van der Waals surface area contributed by atoms with Crippen LogP contribution in [0.15, 0.2) is 54.6 Å². The largest absolute Gasteiger partial charge is 0.466 e. The summed E-state index contributed by atoms with van der Waals surface area (Å²) in [4.78, 5) is 26.5. The van der Waals surface area contributed by atoms with Crippen molar-refractivity contribution in [2.24, 2.45) is 5.92 Å². The number of sulfonamides is 1. The number of esters is 1. The molecule has 0 unspecified atom stereocenters. The summed E-state index contributed by atoms with van der Waals surface area (Å²) in [7, 11) is -3.77. The number of piperidine rings is 1. The van der Waals surface area contributed by atoms with Gasteiger partial charge >= 0.3 is 5.97 Å². The molecule has 1 aliphatic rings. The number of amides is 1. The van der Waals surface area contributed by atoms with Gasteiger partial charge in [0, 0.05) is 13.1 Å². The molecule has 0 N–H and O–H groups in total. The topological polar surface area (TPSA) is 93.2 Å². The molecule has 0 saturated carbocycles. The van der Waals surface area contributed by atoms with E-state index in [-0.39, 0.29) is 30.0 Å². The lowest BCUT2D eigenvalue weighted by Crippen LogP contribution is -2.46. The standard InChI is InChI=1S/C23H28N2O6S/c1-3-30-23(27)18-13-15-24(16-14-18)22(26)17-25(32(2,28)29)20-11-7-8-12-21(20)31-19-9-5-4-6-10-19/h4-12,18H,3,13-17H2,1-2H3. The number of ether oxygens (including phenoxy) is 2. The predicted molar refractivity (Wildman–Crippen MR) is 121 cm³/mol. The van der Waals surface area contributed by atoms with Crippen LogP contribution in [0.2, 0.25) is 0 Å². The number of carbonyl (C=O) groups is 2. The van der Waals surface area contributed by atoms with E-state index < -0.39 is 10.0 Å². The molecule has 1 fully saturated rings. The molecule has 32 heavy (non-hydrogen) atoms.